The Labute approximate surface area is 93.8 Å². The van der Waals surface area contributed by atoms with Crippen LogP contribution in [0.3, 0.4) is 0 Å². The van der Waals surface area contributed by atoms with E-state index in [1.54, 1.807) is 24.5 Å². The van der Waals surface area contributed by atoms with Crippen molar-refractivity contribution in [3.8, 4) is 17.8 Å². The third-order valence-corrected chi connectivity index (χ3v) is 2.05. The molecule has 0 aliphatic carbocycles. The average Bonchev–Trinajstić information content (AvgIpc) is 2.73. The Morgan fingerprint density at radius 3 is 3.07 bits per heavy atom. The predicted octanol–water partition coefficient (Wildman–Crippen LogP) is 2.23. The number of hydrogen-bond donors (Lipinski definition) is 1. The second-order valence-corrected chi connectivity index (χ2v) is 3.55. The molecule has 2 aromatic rings. The maximum atomic E-state index is 8.85. The molecule has 0 radical (unpaired) electrons. The van der Waals surface area contributed by atoms with Gasteiger partial charge >= 0.3 is 0 Å². The number of aromatic nitrogens is 3. The maximum Gasteiger partial charge on any atom is 0.239 e. The summed E-state index contributed by atoms with van der Waals surface area (Å²) in [4.78, 5) is 3.98. The molecule has 2 rings (SSSR count). The van der Waals surface area contributed by atoms with Crippen molar-refractivity contribution >= 4 is 15.9 Å². The largest absolute Gasteiger partial charge is 0.418 e. The van der Waals surface area contributed by atoms with Crippen LogP contribution in [0.15, 0.2) is 29.0 Å². The minimum Gasteiger partial charge on any atom is -0.418 e. The standard InChI is InChI=1S/C9H5BrN4O/c10-7-3-6(4-11)9(12-5-7)15-8-1-2-13-14-8/h1-3,5H,(H,13,14). The zero-order valence-corrected chi connectivity index (χ0v) is 9.02. The Morgan fingerprint density at radius 2 is 2.40 bits per heavy atom. The van der Waals surface area contributed by atoms with Crippen molar-refractivity contribution in [2.45, 2.75) is 0 Å². The molecule has 0 fully saturated rings. The van der Waals surface area contributed by atoms with Gasteiger partial charge in [-0.3, -0.25) is 5.10 Å². The van der Waals surface area contributed by atoms with Gasteiger partial charge in [-0.2, -0.15) is 5.26 Å². The van der Waals surface area contributed by atoms with Crippen molar-refractivity contribution in [1.29, 1.82) is 5.26 Å². The van der Waals surface area contributed by atoms with Gasteiger partial charge in [-0.15, -0.1) is 5.10 Å². The molecule has 0 bridgehead atoms. The van der Waals surface area contributed by atoms with E-state index in [1.807, 2.05) is 6.07 Å². The van der Waals surface area contributed by atoms with Gasteiger partial charge in [0, 0.05) is 22.9 Å². The van der Waals surface area contributed by atoms with Crippen molar-refractivity contribution in [3.63, 3.8) is 0 Å². The van der Waals surface area contributed by atoms with Crippen LogP contribution in [0.1, 0.15) is 5.56 Å². The van der Waals surface area contributed by atoms with E-state index in [1.165, 1.54) is 0 Å². The van der Waals surface area contributed by atoms with Gasteiger partial charge in [-0.1, -0.05) is 0 Å². The SMILES string of the molecule is N#Cc1cc(Br)cnc1Oc1cc[nH]n1. The number of halogens is 1. The highest BCUT2D eigenvalue weighted by atomic mass is 79.9. The topological polar surface area (TPSA) is 74.6 Å². The van der Waals surface area contributed by atoms with Crippen molar-refractivity contribution < 1.29 is 4.74 Å². The lowest BCUT2D eigenvalue weighted by Crippen LogP contribution is -1.92. The fraction of sp³-hybridized carbons (Fsp3) is 0. The molecule has 0 aromatic carbocycles. The van der Waals surface area contributed by atoms with Crippen molar-refractivity contribution in [2.75, 3.05) is 0 Å². The molecule has 2 aromatic heterocycles. The van der Waals surface area contributed by atoms with E-state index >= 15 is 0 Å². The van der Waals surface area contributed by atoms with E-state index in [9.17, 15) is 0 Å². The molecule has 0 aliphatic heterocycles. The number of ether oxygens (including phenoxy) is 1. The van der Waals surface area contributed by atoms with Crippen LogP contribution in [0.5, 0.6) is 11.8 Å². The van der Waals surface area contributed by atoms with Crippen LogP contribution < -0.4 is 4.74 Å². The van der Waals surface area contributed by atoms with Crippen LogP contribution in [-0.4, -0.2) is 15.2 Å². The quantitative estimate of drug-likeness (QED) is 0.903. The molecule has 0 unspecified atom stereocenters. The number of hydrogen-bond acceptors (Lipinski definition) is 4. The molecule has 0 saturated heterocycles. The highest BCUT2D eigenvalue weighted by Gasteiger charge is 2.07. The summed E-state index contributed by atoms with van der Waals surface area (Å²) < 4.78 is 6.03. The van der Waals surface area contributed by atoms with Gasteiger partial charge in [0.05, 0.1) is 0 Å². The van der Waals surface area contributed by atoms with Crippen molar-refractivity contribution in [3.05, 3.63) is 34.6 Å². The molecule has 6 heteroatoms. The lowest BCUT2D eigenvalue weighted by molar-refractivity contribution is 0.442. The highest BCUT2D eigenvalue weighted by Crippen LogP contribution is 2.23. The average molecular weight is 265 g/mol. The molecular formula is C9H5BrN4O. The van der Waals surface area contributed by atoms with E-state index < -0.39 is 0 Å². The van der Waals surface area contributed by atoms with Gasteiger partial charge in [-0.25, -0.2) is 4.98 Å². The van der Waals surface area contributed by atoms with Gasteiger partial charge in [0.2, 0.25) is 11.8 Å². The Hall–Kier alpha value is -1.87. The van der Waals surface area contributed by atoms with Gasteiger partial charge in [0.25, 0.3) is 0 Å². The van der Waals surface area contributed by atoms with Crippen LogP contribution in [0.25, 0.3) is 0 Å². The van der Waals surface area contributed by atoms with Crippen LogP contribution in [0.4, 0.5) is 0 Å². The van der Waals surface area contributed by atoms with E-state index in [-0.39, 0.29) is 5.88 Å². The third kappa shape index (κ3) is 2.14. The number of rotatable bonds is 2. The number of nitrogens with one attached hydrogen (secondary N) is 1. The van der Waals surface area contributed by atoms with Crippen LogP contribution >= 0.6 is 15.9 Å². The molecule has 5 nitrogen and oxygen atoms in total. The summed E-state index contributed by atoms with van der Waals surface area (Å²) in [5.74, 6) is 0.620. The molecule has 0 amide bonds. The van der Waals surface area contributed by atoms with E-state index in [0.717, 1.165) is 4.47 Å². The van der Waals surface area contributed by atoms with E-state index in [0.29, 0.717) is 11.4 Å². The number of nitriles is 1. The van der Waals surface area contributed by atoms with Gasteiger partial charge in [0.15, 0.2) is 0 Å². The zero-order valence-electron chi connectivity index (χ0n) is 7.44. The monoisotopic (exact) mass is 264 g/mol. The number of pyridine rings is 1. The first-order valence-electron chi connectivity index (χ1n) is 4.03. The number of aromatic amines is 1. The zero-order chi connectivity index (χ0) is 10.7. The predicted molar refractivity (Wildman–Crippen MR) is 55.3 cm³/mol. The molecule has 15 heavy (non-hydrogen) atoms. The summed E-state index contributed by atoms with van der Waals surface area (Å²) in [6.45, 7) is 0. The van der Waals surface area contributed by atoms with Gasteiger partial charge in [-0.05, 0) is 22.0 Å². The molecule has 0 atom stereocenters. The molecule has 2 heterocycles. The molecule has 74 valence electrons. The fourth-order valence-corrected chi connectivity index (χ4v) is 1.32. The molecule has 0 saturated carbocycles. The summed E-state index contributed by atoms with van der Waals surface area (Å²) in [7, 11) is 0. The summed E-state index contributed by atoms with van der Waals surface area (Å²) >= 11 is 3.22. The van der Waals surface area contributed by atoms with Crippen LogP contribution in [0, 0.1) is 11.3 Å². The Bertz CT molecular complexity index is 503. The Morgan fingerprint density at radius 1 is 1.53 bits per heavy atom. The van der Waals surface area contributed by atoms with Gasteiger partial charge < -0.3 is 4.74 Å². The van der Waals surface area contributed by atoms with Crippen LogP contribution in [-0.2, 0) is 0 Å². The summed E-state index contributed by atoms with van der Waals surface area (Å²) in [6, 6.07) is 5.27. The lowest BCUT2D eigenvalue weighted by Gasteiger charge is -2.02. The van der Waals surface area contributed by atoms with E-state index in [2.05, 4.69) is 31.1 Å². The molecule has 1 N–H and O–H groups in total. The summed E-state index contributed by atoms with van der Waals surface area (Å²) in [5, 5.41) is 15.3. The normalized spacial score (nSPS) is 9.60. The van der Waals surface area contributed by atoms with Gasteiger partial charge in [0.1, 0.15) is 11.6 Å². The molecule has 0 aliphatic rings. The van der Waals surface area contributed by atoms with Crippen molar-refractivity contribution in [2.24, 2.45) is 0 Å². The Balaban J connectivity index is 2.33. The number of nitrogens with zero attached hydrogens (tertiary/aromatic N) is 3. The first kappa shape index (κ1) is 9.68. The second kappa shape index (κ2) is 4.11. The second-order valence-electron chi connectivity index (χ2n) is 2.63. The maximum absolute atomic E-state index is 8.85. The first-order valence-corrected chi connectivity index (χ1v) is 4.82. The highest BCUT2D eigenvalue weighted by molar-refractivity contribution is 9.10. The summed E-state index contributed by atoms with van der Waals surface area (Å²) in [5.41, 5.74) is 0.354. The minimum absolute atomic E-state index is 0.243. The third-order valence-electron chi connectivity index (χ3n) is 1.61. The summed E-state index contributed by atoms with van der Waals surface area (Å²) in [6.07, 6.45) is 3.18. The first-order chi connectivity index (χ1) is 7.29. The van der Waals surface area contributed by atoms with Crippen molar-refractivity contribution in [1.82, 2.24) is 15.2 Å². The lowest BCUT2D eigenvalue weighted by atomic mass is 10.3. The molecule has 0 spiro atoms. The molecular weight excluding hydrogens is 260 g/mol. The smallest absolute Gasteiger partial charge is 0.239 e. The Kier molecular flexibility index (Phi) is 2.65. The number of H-pyrrole nitrogens is 1. The fourth-order valence-electron chi connectivity index (χ4n) is 0.991. The van der Waals surface area contributed by atoms with E-state index in [4.69, 9.17) is 10.00 Å². The minimum atomic E-state index is 0.243. The van der Waals surface area contributed by atoms with Crippen LogP contribution in [0.2, 0.25) is 0 Å².